The van der Waals surface area contributed by atoms with E-state index in [1.807, 2.05) is 19.1 Å². The highest BCUT2D eigenvalue weighted by atomic mass is 19.1. The summed E-state index contributed by atoms with van der Waals surface area (Å²) in [7, 11) is 0. The third-order valence-corrected chi connectivity index (χ3v) is 5.11. The van der Waals surface area contributed by atoms with Crippen LogP contribution in [0.1, 0.15) is 18.3 Å². The summed E-state index contributed by atoms with van der Waals surface area (Å²) in [6.07, 6.45) is 5.51. The Kier molecular flexibility index (Phi) is 6.63. The SMILES string of the molecule is CC1=CC(Nc2nc(/C=C/c3cccc(F)c3)nc(N3CCN(CCO)CC3)n2)=NC1. The maximum absolute atomic E-state index is 13.5. The highest BCUT2D eigenvalue weighted by Gasteiger charge is 2.20. The molecule has 2 aliphatic heterocycles. The second-order valence-corrected chi connectivity index (χ2v) is 7.58. The first-order valence-corrected chi connectivity index (χ1v) is 10.4. The van der Waals surface area contributed by atoms with Crippen molar-refractivity contribution < 1.29 is 9.50 Å². The number of nitrogens with one attached hydrogen (secondary N) is 1. The average molecular weight is 423 g/mol. The number of halogens is 1. The van der Waals surface area contributed by atoms with Gasteiger partial charge in [-0.1, -0.05) is 18.2 Å². The Morgan fingerprint density at radius 2 is 1.97 bits per heavy atom. The summed E-state index contributed by atoms with van der Waals surface area (Å²) < 4.78 is 13.5. The number of amidine groups is 1. The molecule has 1 saturated heterocycles. The molecule has 2 aromatic rings. The van der Waals surface area contributed by atoms with Crippen molar-refractivity contribution in [1.82, 2.24) is 19.9 Å². The summed E-state index contributed by atoms with van der Waals surface area (Å²) >= 11 is 0. The molecular weight excluding hydrogens is 397 g/mol. The van der Waals surface area contributed by atoms with Gasteiger partial charge in [-0.3, -0.25) is 9.89 Å². The van der Waals surface area contributed by atoms with Crippen molar-refractivity contribution in [3.8, 4) is 0 Å². The van der Waals surface area contributed by atoms with Crippen molar-refractivity contribution in [2.45, 2.75) is 6.92 Å². The summed E-state index contributed by atoms with van der Waals surface area (Å²) in [6.45, 7) is 6.70. The minimum Gasteiger partial charge on any atom is -0.395 e. The van der Waals surface area contributed by atoms with Crippen LogP contribution in [-0.4, -0.2) is 76.7 Å². The topological polar surface area (TPSA) is 89.8 Å². The fourth-order valence-electron chi connectivity index (χ4n) is 3.47. The fourth-order valence-corrected chi connectivity index (χ4v) is 3.47. The number of nitrogens with zero attached hydrogens (tertiary/aromatic N) is 6. The Hall–Kier alpha value is -3.17. The lowest BCUT2D eigenvalue weighted by Gasteiger charge is -2.34. The minimum absolute atomic E-state index is 0.157. The first-order valence-electron chi connectivity index (χ1n) is 10.4. The molecule has 0 aliphatic carbocycles. The second kappa shape index (κ2) is 9.76. The van der Waals surface area contributed by atoms with Crippen molar-refractivity contribution in [1.29, 1.82) is 0 Å². The lowest BCUT2D eigenvalue weighted by Crippen LogP contribution is -2.47. The number of hydrogen-bond acceptors (Lipinski definition) is 8. The van der Waals surface area contributed by atoms with Gasteiger partial charge in [-0.2, -0.15) is 15.0 Å². The summed E-state index contributed by atoms with van der Waals surface area (Å²) in [5, 5.41) is 12.3. The van der Waals surface area contributed by atoms with Crippen LogP contribution in [-0.2, 0) is 0 Å². The zero-order valence-electron chi connectivity index (χ0n) is 17.5. The first-order chi connectivity index (χ1) is 15.1. The smallest absolute Gasteiger partial charge is 0.233 e. The van der Waals surface area contributed by atoms with Gasteiger partial charge in [0.05, 0.1) is 13.2 Å². The van der Waals surface area contributed by atoms with Gasteiger partial charge >= 0.3 is 0 Å². The molecule has 8 nitrogen and oxygen atoms in total. The maximum Gasteiger partial charge on any atom is 0.233 e. The zero-order chi connectivity index (χ0) is 21.6. The van der Waals surface area contributed by atoms with Crippen molar-refractivity contribution >= 4 is 29.9 Å². The van der Waals surface area contributed by atoms with Gasteiger partial charge < -0.3 is 15.3 Å². The number of piperazine rings is 1. The summed E-state index contributed by atoms with van der Waals surface area (Å²) in [4.78, 5) is 22.5. The molecule has 2 aliphatic rings. The Labute approximate surface area is 180 Å². The highest BCUT2D eigenvalue weighted by molar-refractivity contribution is 6.04. The predicted octanol–water partition coefficient (Wildman–Crippen LogP) is 2.07. The third-order valence-electron chi connectivity index (χ3n) is 5.11. The molecule has 2 N–H and O–H groups in total. The molecule has 1 fully saturated rings. The van der Waals surface area contributed by atoms with E-state index in [9.17, 15) is 4.39 Å². The summed E-state index contributed by atoms with van der Waals surface area (Å²) in [5.41, 5.74) is 1.90. The molecule has 0 spiro atoms. The third kappa shape index (κ3) is 5.71. The molecule has 0 unspecified atom stereocenters. The average Bonchev–Trinajstić information content (AvgIpc) is 3.17. The molecule has 0 saturated carbocycles. The van der Waals surface area contributed by atoms with E-state index in [-0.39, 0.29) is 12.4 Å². The quantitative estimate of drug-likeness (QED) is 0.735. The number of aromatic nitrogens is 3. The van der Waals surface area contributed by atoms with E-state index >= 15 is 0 Å². The Balaban J connectivity index is 1.58. The molecule has 0 radical (unpaired) electrons. The molecule has 0 bridgehead atoms. The molecule has 3 heterocycles. The van der Waals surface area contributed by atoms with E-state index in [4.69, 9.17) is 5.11 Å². The van der Waals surface area contributed by atoms with Crippen molar-refractivity contribution in [3.05, 3.63) is 53.1 Å². The lowest BCUT2D eigenvalue weighted by atomic mass is 10.2. The Morgan fingerprint density at radius 1 is 1.13 bits per heavy atom. The van der Waals surface area contributed by atoms with Gasteiger partial charge in [0.25, 0.3) is 0 Å². The lowest BCUT2D eigenvalue weighted by molar-refractivity contribution is 0.188. The number of benzene rings is 1. The number of anilines is 2. The standard InChI is InChI=1S/C22H26FN7O/c1-16-13-20(24-15-16)26-21-25-19(6-5-17-3-2-4-18(23)14-17)27-22(28-21)30-9-7-29(8-10-30)11-12-31/h2-6,13-14,31H,7-12,15H2,1H3,(H,24,25,26,27,28)/b6-5+. The summed E-state index contributed by atoms with van der Waals surface area (Å²) in [6, 6.07) is 6.36. The van der Waals surface area contributed by atoms with Gasteiger partial charge in [0, 0.05) is 32.7 Å². The monoisotopic (exact) mass is 423 g/mol. The molecule has 1 aromatic heterocycles. The molecule has 9 heteroatoms. The van der Waals surface area contributed by atoms with E-state index in [1.54, 1.807) is 18.2 Å². The van der Waals surface area contributed by atoms with E-state index in [0.717, 1.165) is 37.6 Å². The van der Waals surface area contributed by atoms with E-state index in [1.165, 1.54) is 17.7 Å². The summed E-state index contributed by atoms with van der Waals surface area (Å²) in [5.74, 6) is 1.92. The first kappa shape index (κ1) is 21.1. The molecule has 0 atom stereocenters. The number of β-amino-alcohol motifs (C(OH)–C–C–N with tert-alkyl or cyclic N) is 1. The van der Waals surface area contributed by atoms with Crippen LogP contribution in [0.5, 0.6) is 0 Å². The van der Waals surface area contributed by atoms with Crippen LogP contribution in [0.3, 0.4) is 0 Å². The largest absolute Gasteiger partial charge is 0.395 e. The fraction of sp³-hybridized carbons (Fsp3) is 0.364. The Bertz CT molecular complexity index is 1010. The number of hydrogen-bond donors (Lipinski definition) is 2. The van der Waals surface area contributed by atoms with Crippen LogP contribution in [0, 0.1) is 5.82 Å². The molecule has 1 aromatic carbocycles. The number of aliphatic imine (C=N–C) groups is 1. The van der Waals surface area contributed by atoms with Gasteiger partial charge in [0.1, 0.15) is 11.7 Å². The van der Waals surface area contributed by atoms with E-state index < -0.39 is 0 Å². The van der Waals surface area contributed by atoms with Crippen LogP contribution < -0.4 is 10.2 Å². The molecule has 31 heavy (non-hydrogen) atoms. The maximum atomic E-state index is 13.5. The predicted molar refractivity (Wildman–Crippen MR) is 121 cm³/mol. The molecule has 162 valence electrons. The van der Waals surface area contributed by atoms with Crippen molar-refractivity contribution in [2.24, 2.45) is 4.99 Å². The number of aliphatic hydroxyl groups excluding tert-OH is 1. The normalized spacial score (nSPS) is 17.2. The zero-order valence-corrected chi connectivity index (χ0v) is 17.5. The van der Waals surface area contributed by atoms with Gasteiger partial charge in [-0.05, 0) is 42.3 Å². The molecule has 4 rings (SSSR count). The highest BCUT2D eigenvalue weighted by Crippen LogP contribution is 2.16. The van der Waals surface area contributed by atoms with Crippen LogP contribution in [0.25, 0.3) is 12.2 Å². The van der Waals surface area contributed by atoms with Crippen molar-refractivity contribution in [3.63, 3.8) is 0 Å². The second-order valence-electron chi connectivity index (χ2n) is 7.58. The Morgan fingerprint density at radius 3 is 2.68 bits per heavy atom. The van der Waals surface area contributed by atoms with E-state index in [2.05, 4.69) is 35.1 Å². The molecule has 0 amide bonds. The number of rotatable bonds is 6. The molecular formula is C22H26FN7O. The number of aliphatic hydroxyl groups is 1. The van der Waals surface area contributed by atoms with Crippen LogP contribution in [0.2, 0.25) is 0 Å². The minimum atomic E-state index is -0.289. The van der Waals surface area contributed by atoms with Gasteiger partial charge in [-0.25, -0.2) is 4.39 Å². The van der Waals surface area contributed by atoms with Gasteiger partial charge in [-0.15, -0.1) is 0 Å². The van der Waals surface area contributed by atoms with Crippen molar-refractivity contribution in [2.75, 3.05) is 56.1 Å². The van der Waals surface area contributed by atoms with Gasteiger partial charge in [0.2, 0.25) is 11.9 Å². The van der Waals surface area contributed by atoms with Crippen LogP contribution in [0.15, 0.2) is 40.9 Å². The van der Waals surface area contributed by atoms with E-state index in [0.29, 0.717) is 30.8 Å². The van der Waals surface area contributed by atoms with Crippen LogP contribution >= 0.6 is 0 Å². The van der Waals surface area contributed by atoms with Gasteiger partial charge in [0.15, 0.2) is 5.82 Å². The van der Waals surface area contributed by atoms with Crippen LogP contribution in [0.4, 0.5) is 16.3 Å².